The number of esters is 2. The van der Waals surface area contributed by atoms with Gasteiger partial charge in [0.25, 0.3) is 5.56 Å². The number of hydrogen-bond donors (Lipinski definition) is 0. The van der Waals surface area contributed by atoms with Gasteiger partial charge in [0.2, 0.25) is 0 Å². The maximum absolute atomic E-state index is 12.7. The zero-order valence-electron chi connectivity index (χ0n) is 15.5. The summed E-state index contributed by atoms with van der Waals surface area (Å²) in [5.41, 5.74) is 1.88. The molecule has 0 N–H and O–H groups in total. The van der Waals surface area contributed by atoms with Crippen LogP contribution in [0.2, 0.25) is 0 Å². The van der Waals surface area contributed by atoms with Gasteiger partial charge in [0.15, 0.2) is 0 Å². The zero-order valence-corrected chi connectivity index (χ0v) is 15.5. The maximum Gasteiger partial charge on any atom is 0.333 e. The Hall–Kier alpha value is -2.90. The van der Waals surface area contributed by atoms with Crippen molar-refractivity contribution in [1.29, 1.82) is 0 Å². The summed E-state index contributed by atoms with van der Waals surface area (Å²) in [6.07, 6.45) is 0.868. The van der Waals surface area contributed by atoms with Crippen molar-refractivity contribution in [2.75, 3.05) is 6.61 Å². The number of carbonyl (C=O) groups excluding carboxylic acids is 2. The molecule has 0 saturated carbocycles. The highest BCUT2D eigenvalue weighted by Gasteiger charge is 2.40. The van der Waals surface area contributed by atoms with E-state index in [9.17, 15) is 19.2 Å². The number of rotatable bonds is 6. The van der Waals surface area contributed by atoms with Crippen molar-refractivity contribution < 1.29 is 23.8 Å². The Bertz CT molecular complexity index is 892. The Labute approximate surface area is 155 Å². The van der Waals surface area contributed by atoms with Crippen molar-refractivity contribution in [3.63, 3.8) is 0 Å². The minimum Gasteiger partial charge on any atom is -0.463 e. The highest BCUT2D eigenvalue weighted by molar-refractivity contribution is 5.66. The molecule has 0 spiro atoms. The first-order chi connectivity index (χ1) is 12.7. The molecule has 2 rings (SSSR count). The monoisotopic (exact) mass is 378 g/mol. The van der Waals surface area contributed by atoms with Gasteiger partial charge in [-0.05, 0) is 13.0 Å². The third-order valence-electron chi connectivity index (χ3n) is 4.04. The predicted octanol–water partition coefficient (Wildman–Crippen LogP) is 0.442. The van der Waals surface area contributed by atoms with Crippen LogP contribution in [-0.2, 0) is 30.3 Å². The van der Waals surface area contributed by atoms with Crippen LogP contribution in [-0.4, -0.2) is 39.9 Å². The number of ether oxygens (including phenoxy) is 3. The molecule has 27 heavy (non-hydrogen) atoms. The van der Waals surface area contributed by atoms with Crippen LogP contribution < -0.4 is 11.2 Å². The van der Waals surface area contributed by atoms with Crippen LogP contribution >= 0.6 is 0 Å². The molecule has 0 amide bonds. The number of nitrogens with zero attached hydrogens (tertiary/aromatic N) is 2. The third-order valence-corrected chi connectivity index (χ3v) is 4.04. The maximum atomic E-state index is 12.7. The Morgan fingerprint density at radius 3 is 2.67 bits per heavy atom. The van der Waals surface area contributed by atoms with Crippen molar-refractivity contribution in [1.82, 2.24) is 9.13 Å². The summed E-state index contributed by atoms with van der Waals surface area (Å²) < 4.78 is 18.3. The Balaban J connectivity index is 2.36. The molecule has 9 nitrogen and oxygen atoms in total. The van der Waals surface area contributed by atoms with Crippen molar-refractivity contribution >= 4 is 11.9 Å². The second kappa shape index (κ2) is 8.66. The van der Waals surface area contributed by atoms with Gasteiger partial charge in [-0.3, -0.25) is 23.5 Å². The van der Waals surface area contributed by atoms with Crippen molar-refractivity contribution in [2.45, 2.75) is 52.2 Å². The summed E-state index contributed by atoms with van der Waals surface area (Å²) >= 11 is 0. The molecule has 1 aliphatic rings. The summed E-state index contributed by atoms with van der Waals surface area (Å²) in [5, 5.41) is 0. The Morgan fingerprint density at radius 1 is 1.37 bits per heavy atom. The first-order valence-electron chi connectivity index (χ1n) is 8.37. The molecule has 0 aromatic carbocycles. The fourth-order valence-corrected chi connectivity index (χ4v) is 2.84. The fourth-order valence-electron chi connectivity index (χ4n) is 2.84. The first-order valence-corrected chi connectivity index (χ1v) is 8.37. The highest BCUT2D eigenvalue weighted by atomic mass is 16.6. The van der Waals surface area contributed by atoms with Gasteiger partial charge in [-0.25, -0.2) is 4.79 Å². The number of carbonyl (C=O) groups is 2. The lowest BCUT2D eigenvalue weighted by Crippen LogP contribution is -2.41. The van der Waals surface area contributed by atoms with Gasteiger partial charge in [-0.2, -0.15) is 0 Å². The Kier molecular flexibility index (Phi) is 6.55. The van der Waals surface area contributed by atoms with Gasteiger partial charge in [0.05, 0.1) is 6.54 Å². The Morgan fingerprint density at radius 2 is 2.07 bits per heavy atom. The average molecular weight is 378 g/mol. The van der Waals surface area contributed by atoms with Crippen LogP contribution in [0.1, 0.15) is 32.1 Å². The summed E-state index contributed by atoms with van der Waals surface area (Å²) in [5.74, 6) is -1.01. The molecule has 0 radical (unpaired) electrons. The van der Waals surface area contributed by atoms with Gasteiger partial charge in [-0.1, -0.05) is 6.58 Å². The van der Waals surface area contributed by atoms with E-state index in [2.05, 4.69) is 12.3 Å². The molecular weight excluding hydrogens is 356 g/mol. The SMILES string of the molecule is C=C=CCn1c(=O)c(C)cn([C@H]2C[C@H](OC(C)=O)[C@@H](COC(C)=O)O2)c1=O. The molecule has 2 heterocycles. The quantitative estimate of drug-likeness (QED) is 0.522. The number of hydrogen-bond acceptors (Lipinski definition) is 7. The third kappa shape index (κ3) is 4.84. The van der Waals surface area contributed by atoms with Gasteiger partial charge in [-0.15, -0.1) is 5.73 Å². The van der Waals surface area contributed by atoms with Crippen LogP contribution in [0.4, 0.5) is 0 Å². The predicted molar refractivity (Wildman–Crippen MR) is 94.1 cm³/mol. The molecule has 0 unspecified atom stereocenters. The van der Waals surface area contributed by atoms with Crippen LogP contribution in [0, 0.1) is 6.92 Å². The lowest BCUT2D eigenvalue weighted by Gasteiger charge is -2.18. The molecule has 146 valence electrons. The molecule has 1 aliphatic heterocycles. The van der Waals surface area contributed by atoms with E-state index >= 15 is 0 Å². The molecule has 9 heteroatoms. The van der Waals surface area contributed by atoms with E-state index in [1.807, 2.05) is 0 Å². The summed E-state index contributed by atoms with van der Waals surface area (Å²) in [6.45, 7) is 7.43. The molecule has 0 bridgehead atoms. The van der Waals surface area contributed by atoms with Gasteiger partial charge in [0, 0.05) is 32.0 Å². The molecule has 0 aliphatic carbocycles. The van der Waals surface area contributed by atoms with E-state index in [-0.39, 0.29) is 19.6 Å². The molecular formula is C18H22N2O7. The van der Waals surface area contributed by atoms with Crippen LogP contribution in [0.15, 0.2) is 34.2 Å². The standard InChI is InChI=1S/C18H22N2O7/c1-5-6-7-19-17(23)11(2)9-20(18(19)24)16-8-14(26-13(4)22)15(27-16)10-25-12(3)21/h6,9,14-16H,1,7-8,10H2,2-4H3/t14-,15+,16+/m0/s1. The largest absolute Gasteiger partial charge is 0.463 e. The van der Waals surface area contributed by atoms with Gasteiger partial charge in [0.1, 0.15) is 25.0 Å². The zero-order chi connectivity index (χ0) is 20.1. The van der Waals surface area contributed by atoms with E-state index in [1.165, 1.54) is 30.7 Å². The molecule has 1 saturated heterocycles. The molecule has 1 aromatic rings. The number of aryl methyl sites for hydroxylation is 1. The minimum atomic E-state index is -0.777. The van der Waals surface area contributed by atoms with E-state index < -0.39 is 41.6 Å². The first kappa shape index (κ1) is 20.4. The minimum absolute atomic E-state index is 0.0276. The topological polar surface area (TPSA) is 106 Å². The summed E-state index contributed by atoms with van der Waals surface area (Å²) in [7, 11) is 0. The van der Waals surface area contributed by atoms with Gasteiger partial charge < -0.3 is 14.2 Å². The average Bonchev–Trinajstić information content (AvgIpc) is 2.98. The normalized spacial score (nSPS) is 21.4. The van der Waals surface area contributed by atoms with Crippen molar-refractivity contribution in [3.8, 4) is 0 Å². The van der Waals surface area contributed by atoms with Crippen molar-refractivity contribution in [2.24, 2.45) is 0 Å². The summed E-state index contributed by atoms with van der Waals surface area (Å²) in [6, 6.07) is 0. The smallest absolute Gasteiger partial charge is 0.333 e. The lowest BCUT2D eigenvalue weighted by molar-refractivity contribution is -0.155. The number of allylic oxidation sites excluding steroid dienone is 1. The van der Waals surface area contributed by atoms with Crippen molar-refractivity contribution in [3.05, 3.63) is 51.0 Å². The van der Waals surface area contributed by atoms with E-state index in [0.29, 0.717) is 5.56 Å². The molecule has 3 atom stereocenters. The fraction of sp³-hybridized carbons (Fsp3) is 0.500. The lowest BCUT2D eigenvalue weighted by atomic mass is 10.2. The van der Waals surface area contributed by atoms with E-state index in [1.54, 1.807) is 6.92 Å². The highest BCUT2D eigenvalue weighted by Crippen LogP contribution is 2.30. The van der Waals surface area contributed by atoms with Crippen LogP contribution in [0.5, 0.6) is 0 Å². The van der Waals surface area contributed by atoms with E-state index in [4.69, 9.17) is 14.2 Å². The molecule has 1 aromatic heterocycles. The van der Waals surface area contributed by atoms with E-state index in [0.717, 1.165) is 4.57 Å². The van der Waals surface area contributed by atoms with Crippen LogP contribution in [0.3, 0.4) is 0 Å². The second-order valence-electron chi connectivity index (χ2n) is 6.14. The second-order valence-corrected chi connectivity index (χ2v) is 6.14. The number of aromatic nitrogens is 2. The van der Waals surface area contributed by atoms with Gasteiger partial charge >= 0.3 is 17.6 Å². The van der Waals surface area contributed by atoms with Crippen LogP contribution in [0.25, 0.3) is 0 Å². The molecule has 1 fully saturated rings. The summed E-state index contributed by atoms with van der Waals surface area (Å²) in [4.78, 5) is 47.4.